The highest BCUT2D eigenvalue weighted by Crippen LogP contribution is 2.38. The van der Waals surface area contributed by atoms with E-state index in [0.717, 1.165) is 38.1 Å². The normalized spacial score (nSPS) is 15.2. The van der Waals surface area contributed by atoms with E-state index in [-0.39, 0.29) is 23.0 Å². The molecule has 232 valence electrons. The Morgan fingerprint density at radius 1 is 0.956 bits per heavy atom. The van der Waals surface area contributed by atoms with Crippen LogP contribution in [0.25, 0.3) is 22.0 Å². The lowest BCUT2D eigenvalue weighted by Gasteiger charge is -2.23. The van der Waals surface area contributed by atoms with E-state index in [9.17, 15) is 17.2 Å². The van der Waals surface area contributed by atoms with Crippen LogP contribution in [0.3, 0.4) is 0 Å². The summed E-state index contributed by atoms with van der Waals surface area (Å²) in [6.45, 7) is 3.63. The van der Waals surface area contributed by atoms with Gasteiger partial charge in [0.2, 0.25) is 11.8 Å². The molecule has 2 aromatic heterocycles. The number of aryl methyl sites for hydroxylation is 1. The predicted octanol–water partition coefficient (Wildman–Crippen LogP) is 6.49. The van der Waals surface area contributed by atoms with Gasteiger partial charge in [-0.2, -0.15) is 0 Å². The van der Waals surface area contributed by atoms with Gasteiger partial charge in [0.25, 0.3) is 0 Å². The molecule has 1 fully saturated rings. The monoisotopic (exact) mass is 633 g/mol. The van der Waals surface area contributed by atoms with Gasteiger partial charge in [0.15, 0.2) is 9.84 Å². The van der Waals surface area contributed by atoms with Crippen LogP contribution in [-0.4, -0.2) is 42.5 Å². The summed E-state index contributed by atoms with van der Waals surface area (Å²) in [5.74, 6) is -2.83. The molecule has 0 saturated carbocycles. The summed E-state index contributed by atoms with van der Waals surface area (Å²) < 4.78 is 75.4. The Bertz CT molecular complexity index is 1980. The number of benzene rings is 3. The Hall–Kier alpha value is -4.55. The molecule has 0 aliphatic carbocycles. The predicted molar refractivity (Wildman–Crippen MR) is 166 cm³/mol. The van der Waals surface area contributed by atoms with Crippen molar-refractivity contribution in [1.82, 2.24) is 20.3 Å². The highest BCUT2D eigenvalue weighted by atomic mass is 32.2. The molecule has 45 heavy (non-hydrogen) atoms. The minimum atomic E-state index is -4.06. The van der Waals surface area contributed by atoms with Gasteiger partial charge in [0, 0.05) is 47.6 Å². The Morgan fingerprint density at radius 3 is 2.60 bits per heavy atom. The van der Waals surface area contributed by atoms with Crippen molar-refractivity contribution in [2.45, 2.75) is 37.3 Å². The van der Waals surface area contributed by atoms with E-state index in [0.29, 0.717) is 45.4 Å². The number of nitrogens with one attached hydrogen (secondary N) is 2. The van der Waals surface area contributed by atoms with Crippen molar-refractivity contribution in [3.8, 4) is 22.9 Å². The van der Waals surface area contributed by atoms with E-state index in [1.807, 2.05) is 13.0 Å². The molecule has 0 bridgehead atoms. The fourth-order valence-electron chi connectivity index (χ4n) is 5.45. The van der Waals surface area contributed by atoms with Crippen LogP contribution in [0.4, 0.5) is 19.1 Å². The smallest absolute Gasteiger partial charge is 0.228 e. The van der Waals surface area contributed by atoms with Crippen molar-refractivity contribution in [3.63, 3.8) is 0 Å². The molecule has 6 rings (SSSR count). The highest BCUT2D eigenvalue weighted by Gasteiger charge is 2.23. The number of rotatable bonds is 9. The van der Waals surface area contributed by atoms with E-state index in [1.54, 1.807) is 36.7 Å². The van der Waals surface area contributed by atoms with E-state index >= 15 is 4.39 Å². The molecule has 5 aromatic rings. The van der Waals surface area contributed by atoms with Gasteiger partial charge in [-0.25, -0.2) is 36.5 Å². The maximum Gasteiger partial charge on any atom is 0.228 e. The van der Waals surface area contributed by atoms with Crippen LogP contribution in [0.5, 0.6) is 11.6 Å². The zero-order chi connectivity index (χ0) is 31.6. The first kappa shape index (κ1) is 30.5. The number of pyridine rings is 1. The van der Waals surface area contributed by atoms with Crippen molar-refractivity contribution in [1.29, 1.82) is 0 Å². The molecule has 0 spiro atoms. The van der Waals surface area contributed by atoms with E-state index < -0.39 is 38.8 Å². The fraction of sp³-hybridized carbons (Fsp3) is 0.242. The first-order chi connectivity index (χ1) is 21.7. The number of sulfone groups is 1. The standard InChI is InChI=1S/C33H30F3N5O3S/c1-20-6-9-24-25(10-11-28(35)27(24)19-45(42,43)18-21-7-8-22(34)16-29(21)36)31(20)44-32-26(5-3-14-38-32)30-12-15-39-33(41-30)40-23-4-2-13-37-17-23/h3,5-12,14-16,23,37H,2,4,13,17-19H2,1H3,(H,39,40,41)/t23-/m0/s1. The highest BCUT2D eigenvalue weighted by molar-refractivity contribution is 7.89. The first-order valence-electron chi connectivity index (χ1n) is 14.5. The second-order valence-corrected chi connectivity index (χ2v) is 13.1. The quantitative estimate of drug-likeness (QED) is 0.190. The van der Waals surface area contributed by atoms with Crippen molar-refractivity contribution in [2.24, 2.45) is 0 Å². The molecular weight excluding hydrogens is 603 g/mol. The van der Waals surface area contributed by atoms with Crippen LogP contribution in [0, 0.1) is 24.4 Å². The Balaban J connectivity index is 1.32. The minimum Gasteiger partial charge on any atom is -0.437 e. The number of hydrogen-bond acceptors (Lipinski definition) is 8. The second kappa shape index (κ2) is 12.8. The van der Waals surface area contributed by atoms with Crippen LogP contribution < -0.4 is 15.4 Å². The third kappa shape index (κ3) is 6.91. The summed E-state index contributed by atoms with van der Waals surface area (Å²) in [6, 6.07) is 14.3. The Kier molecular flexibility index (Phi) is 8.68. The summed E-state index contributed by atoms with van der Waals surface area (Å²) >= 11 is 0. The van der Waals surface area contributed by atoms with Gasteiger partial charge in [-0.3, -0.25) is 0 Å². The molecule has 12 heteroatoms. The average molecular weight is 634 g/mol. The lowest BCUT2D eigenvalue weighted by molar-refractivity contribution is 0.466. The average Bonchev–Trinajstić information content (AvgIpc) is 3.02. The fourth-order valence-corrected chi connectivity index (χ4v) is 6.99. The van der Waals surface area contributed by atoms with Crippen LogP contribution in [0.1, 0.15) is 29.5 Å². The molecule has 1 aliphatic heterocycles. The topological polar surface area (TPSA) is 106 Å². The van der Waals surface area contributed by atoms with Crippen LogP contribution in [0.2, 0.25) is 0 Å². The van der Waals surface area contributed by atoms with Gasteiger partial charge in [-0.05, 0) is 73.7 Å². The van der Waals surface area contributed by atoms with Gasteiger partial charge >= 0.3 is 0 Å². The summed E-state index contributed by atoms with van der Waals surface area (Å²) in [6.07, 6.45) is 5.32. The third-order valence-electron chi connectivity index (χ3n) is 7.69. The van der Waals surface area contributed by atoms with Crippen molar-refractivity contribution < 1.29 is 26.3 Å². The van der Waals surface area contributed by atoms with Crippen molar-refractivity contribution in [3.05, 3.63) is 107 Å². The van der Waals surface area contributed by atoms with Gasteiger partial charge in [0.1, 0.15) is 23.2 Å². The SMILES string of the molecule is Cc1ccc2c(CS(=O)(=O)Cc3ccc(F)cc3F)c(F)ccc2c1Oc1ncccc1-c1ccnc(N[C@H]2CCCNC2)n1. The zero-order valence-corrected chi connectivity index (χ0v) is 25.2. The van der Waals surface area contributed by atoms with Crippen LogP contribution in [0.15, 0.2) is 73.1 Å². The van der Waals surface area contributed by atoms with Crippen LogP contribution in [-0.2, 0) is 21.3 Å². The molecule has 0 unspecified atom stereocenters. The molecule has 1 aliphatic rings. The number of ether oxygens (including phenoxy) is 1. The number of piperidine rings is 1. The largest absolute Gasteiger partial charge is 0.437 e. The van der Waals surface area contributed by atoms with Crippen molar-refractivity contribution >= 4 is 26.6 Å². The van der Waals surface area contributed by atoms with Gasteiger partial charge < -0.3 is 15.4 Å². The molecule has 1 atom stereocenters. The summed E-state index contributed by atoms with van der Waals surface area (Å²) in [5, 5.41) is 7.53. The molecule has 3 heterocycles. The molecular formula is C33H30F3N5O3S. The lowest BCUT2D eigenvalue weighted by atomic mass is 10.0. The van der Waals surface area contributed by atoms with E-state index in [2.05, 4.69) is 20.6 Å². The third-order valence-corrected chi connectivity index (χ3v) is 9.17. The number of anilines is 1. The molecule has 0 radical (unpaired) electrons. The molecule has 1 saturated heterocycles. The molecule has 3 aromatic carbocycles. The lowest BCUT2D eigenvalue weighted by Crippen LogP contribution is -2.38. The molecule has 2 N–H and O–H groups in total. The maximum absolute atomic E-state index is 15.2. The van der Waals surface area contributed by atoms with E-state index in [4.69, 9.17) is 9.72 Å². The van der Waals surface area contributed by atoms with Gasteiger partial charge in [-0.15, -0.1) is 0 Å². The summed E-state index contributed by atoms with van der Waals surface area (Å²) in [5.41, 5.74) is 1.63. The second-order valence-electron chi connectivity index (χ2n) is 11.0. The molecule has 8 nitrogen and oxygen atoms in total. The zero-order valence-electron chi connectivity index (χ0n) is 24.4. The van der Waals surface area contributed by atoms with E-state index in [1.165, 1.54) is 12.1 Å². The number of aromatic nitrogens is 3. The van der Waals surface area contributed by atoms with Gasteiger partial charge in [-0.1, -0.05) is 18.2 Å². The minimum absolute atomic E-state index is 0.0789. The molecule has 0 amide bonds. The summed E-state index contributed by atoms with van der Waals surface area (Å²) in [4.78, 5) is 13.5. The number of fused-ring (bicyclic) bond motifs is 1. The first-order valence-corrected chi connectivity index (χ1v) is 16.3. The van der Waals surface area contributed by atoms with Crippen molar-refractivity contribution in [2.75, 3.05) is 18.4 Å². The maximum atomic E-state index is 15.2. The number of hydrogen-bond donors (Lipinski definition) is 2. The number of nitrogens with zero attached hydrogens (tertiary/aromatic N) is 3. The Morgan fingerprint density at radius 2 is 1.80 bits per heavy atom. The number of halogens is 3. The van der Waals surface area contributed by atoms with Crippen LogP contribution >= 0.6 is 0 Å². The summed E-state index contributed by atoms with van der Waals surface area (Å²) in [7, 11) is -4.06. The Labute approximate surface area is 258 Å². The van der Waals surface area contributed by atoms with Gasteiger partial charge in [0.05, 0.1) is 22.8 Å².